The van der Waals surface area contributed by atoms with E-state index in [1.807, 2.05) is 6.92 Å². The van der Waals surface area contributed by atoms with E-state index >= 15 is 0 Å². The van der Waals surface area contributed by atoms with E-state index in [0.29, 0.717) is 6.54 Å². The van der Waals surface area contributed by atoms with Crippen LogP contribution in [0.25, 0.3) is 0 Å². The lowest BCUT2D eigenvalue weighted by Gasteiger charge is -2.20. The monoisotopic (exact) mass is 507 g/mol. The predicted molar refractivity (Wildman–Crippen MR) is 162 cm³/mol. The van der Waals surface area contributed by atoms with Gasteiger partial charge in [0, 0.05) is 24.4 Å². The number of hydrogen-bond acceptors (Lipinski definition) is 4. The third kappa shape index (κ3) is 14.4. The minimum atomic E-state index is -0.224. The van der Waals surface area contributed by atoms with Crippen molar-refractivity contribution in [3.8, 4) is 0 Å². The fourth-order valence-corrected chi connectivity index (χ4v) is 4.86. The Morgan fingerprint density at radius 1 is 1.11 bits per heavy atom. The van der Waals surface area contributed by atoms with Crippen molar-refractivity contribution in [2.75, 3.05) is 32.7 Å². The van der Waals surface area contributed by atoms with Gasteiger partial charge in [0.2, 0.25) is 0 Å². The van der Waals surface area contributed by atoms with Crippen LogP contribution in [0.15, 0.2) is 77.0 Å². The molecule has 2 N–H and O–H groups in total. The molecule has 0 aliphatic carbocycles. The minimum absolute atomic E-state index is 0.224. The molecule has 4 heteroatoms. The van der Waals surface area contributed by atoms with Gasteiger partial charge in [-0.1, -0.05) is 81.4 Å². The Balaban J connectivity index is 1.95. The quantitative estimate of drug-likeness (QED) is 0.179. The van der Waals surface area contributed by atoms with Crippen LogP contribution in [0.2, 0.25) is 0 Å². The van der Waals surface area contributed by atoms with Crippen LogP contribution in [0.3, 0.4) is 0 Å². The fourth-order valence-electron chi connectivity index (χ4n) is 4.86. The molecule has 1 saturated heterocycles. The average molecular weight is 508 g/mol. The molecule has 0 saturated carbocycles. The van der Waals surface area contributed by atoms with Gasteiger partial charge in [-0.05, 0) is 89.1 Å². The molecule has 2 rings (SSSR count). The first-order valence-electron chi connectivity index (χ1n) is 14.8. The summed E-state index contributed by atoms with van der Waals surface area (Å²) in [5, 5.41) is 13.2. The Hall–Kier alpha value is -2.17. The Morgan fingerprint density at radius 2 is 1.89 bits per heavy atom. The van der Waals surface area contributed by atoms with Gasteiger partial charge in [-0.2, -0.15) is 0 Å². The zero-order valence-corrected chi connectivity index (χ0v) is 23.8. The second kappa shape index (κ2) is 19.9. The van der Waals surface area contributed by atoms with E-state index in [9.17, 15) is 5.11 Å². The molecule has 0 radical (unpaired) electrons. The molecule has 37 heavy (non-hydrogen) atoms. The van der Waals surface area contributed by atoms with Crippen LogP contribution in [0.5, 0.6) is 0 Å². The van der Waals surface area contributed by atoms with Crippen LogP contribution in [0.4, 0.5) is 0 Å². The highest BCUT2D eigenvalue weighted by Gasteiger charge is 2.10. The lowest BCUT2D eigenvalue weighted by Crippen LogP contribution is -2.28. The number of aliphatic hydroxyl groups excluding tert-OH is 1. The number of hydrogen-bond donors (Lipinski definition) is 2. The first-order valence-corrected chi connectivity index (χ1v) is 14.8. The van der Waals surface area contributed by atoms with Crippen LogP contribution < -0.4 is 5.32 Å². The molecule has 2 aliphatic rings. The maximum absolute atomic E-state index is 9.63. The molecule has 206 valence electrons. The summed E-state index contributed by atoms with van der Waals surface area (Å²) >= 11 is 0. The molecule has 2 aliphatic heterocycles. The highest BCUT2D eigenvalue weighted by atomic mass is 16.3. The van der Waals surface area contributed by atoms with Gasteiger partial charge in [-0.15, -0.1) is 0 Å². The van der Waals surface area contributed by atoms with E-state index in [0.717, 1.165) is 63.6 Å². The molecular formula is C33H53N3O. The summed E-state index contributed by atoms with van der Waals surface area (Å²) in [5.74, 6) is 0. The molecule has 1 fully saturated rings. The van der Waals surface area contributed by atoms with Crippen molar-refractivity contribution in [3.63, 3.8) is 0 Å². The second-order valence-electron chi connectivity index (χ2n) is 10.4. The minimum Gasteiger partial charge on any atom is -0.393 e. The summed E-state index contributed by atoms with van der Waals surface area (Å²) in [6.45, 7) is 13.7. The largest absolute Gasteiger partial charge is 0.393 e. The third-order valence-electron chi connectivity index (χ3n) is 7.04. The van der Waals surface area contributed by atoms with Crippen molar-refractivity contribution < 1.29 is 5.11 Å². The van der Waals surface area contributed by atoms with Crippen molar-refractivity contribution in [2.24, 2.45) is 4.99 Å². The number of allylic oxidation sites excluding steroid dienone is 8. The van der Waals surface area contributed by atoms with Gasteiger partial charge >= 0.3 is 0 Å². The molecule has 4 nitrogen and oxygen atoms in total. The van der Waals surface area contributed by atoms with Gasteiger partial charge in [-0.25, -0.2) is 0 Å². The lowest BCUT2D eigenvalue weighted by atomic mass is 9.97. The van der Waals surface area contributed by atoms with Gasteiger partial charge in [0.1, 0.15) is 0 Å². The Labute approximate surface area is 227 Å². The van der Waals surface area contributed by atoms with Crippen molar-refractivity contribution in [1.29, 1.82) is 0 Å². The number of rotatable bonds is 15. The van der Waals surface area contributed by atoms with Crippen molar-refractivity contribution in [3.05, 3.63) is 72.0 Å². The van der Waals surface area contributed by atoms with Gasteiger partial charge in [0.25, 0.3) is 0 Å². The van der Waals surface area contributed by atoms with Gasteiger partial charge in [0.15, 0.2) is 0 Å². The molecule has 1 atom stereocenters. The van der Waals surface area contributed by atoms with E-state index in [2.05, 4.69) is 72.3 Å². The zero-order chi connectivity index (χ0) is 26.6. The maximum Gasteiger partial charge on any atom is 0.0577 e. The molecule has 2 heterocycles. The first-order chi connectivity index (χ1) is 18.1. The number of unbranched alkanes of at least 4 members (excludes halogenated alkanes) is 1. The van der Waals surface area contributed by atoms with Crippen LogP contribution >= 0.6 is 0 Å². The van der Waals surface area contributed by atoms with E-state index in [4.69, 9.17) is 4.99 Å². The molecular weight excluding hydrogens is 454 g/mol. The number of likely N-dealkylation sites (tertiary alicyclic amines) is 1. The summed E-state index contributed by atoms with van der Waals surface area (Å²) in [5.41, 5.74) is 4.71. The highest BCUT2D eigenvalue weighted by molar-refractivity contribution is 6.01. The highest BCUT2D eigenvalue weighted by Crippen LogP contribution is 2.18. The summed E-state index contributed by atoms with van der Waals surface area (Å²) in [4.78, 5) is 7.60. The molecule has 0 aromatic carbocycles. The Kier molecular flexibility index (Phi) is 16.7. The molecule has 0 amide bonds. The lowest BCUT2D eigenvalue weighted by molar-refractivity contribution is 0.181. The van der Waals surface area contributed by atoms with Crippen molar-refractivity contribution >= 4 is 5.71 Å². The molecule has 0 aromatic rings. The standard InChI is InChI=1S/C33H53N3O/c1-4-5-6-7-10-23-33-32(19-12-11-18-29(2)37)21-15-20-31(22-16-24-35-33)30(3)34-25-17-28-36-26-13-8-9-14-27-36/h5-7,10,16,20-22,29,34,37H,3-4,8-9,11-15,17-19,23-28H2,1-2H3/b6-5-,10-7-,22-16?,31-20?,32-21-,35-33?. The summed E-state index contributed by atoms with van der Waals surface area (Å²) < 4.78 is 0. The predicted octanol–water partition coefficient (Wildman–Crippen LogP) is 7.46. The summed E-state index contributed by atoms with van der Waals surface area (Å²) in [6.07, 6.45) is 30.8. The van der Waals surface area contributed by atoms with E-state index < -0.39 is 0 Å². The second-order valence-corrected chi connectivity index (χ2v) is 10.4. The number of nitrogens with one attached hydrogen (secondary N) is 1. The third-order valence-corrected chi connectivity index (χ3v) is 7.04. The zero-order valence-electron chi connectivity index (χ0n) is 23.8. The number of aliphatic hydroxyl groups is 1. The van der Waals surface area contributed by atoms with Crippen molar-refractivity contribution in [1.82, 2.24) is 10.2 Å². The smallest absolute Gasteiger partial charge is 0.0577 e. The molecule has 0 aromatic heterocycles. The normalized spacial score (nSPS) is 20.2. The average Bonchev–Trinajstić information content (AvgIpc) is 3.16. The van der Waals surface area contributed by atoms with Crippen molar-refractivity contribution in [2.45, 2.75) is 97.0 Å². The fraction of sp³-hybridized carbons (Fsp3) is 0.606. The van der Waals surface area contributed by atoms with Crippen LogP contribution in [0.1, 0.15) is 90.9 Å². The molecule has 0 bridgehead atoms. The number of aliphatic imine (C=N–C) groups is 1. The maximum atomic E-state index is 9.63. The molecule has 0 spiro atoms. The molecule has 1 unspecified atom stereocenters. The summed E-state index contributed by atoms with van der Waals surface area (Å²) in [6, 6.07) is 0. The first kappa shape index (κ1) is 31.1. The van der Waals surface area contributed by atoms with Gasteiger partial charge in [0.05, 0.1) is 12.6 Å². The van der Waals surface area contributed by atoms with E-state index in [-0.39, 0.29) is 6.10 Å². The topological polar surface area (TPSA) is 47.9 Å². The Bertz CT molecular complexity index is 821. The SMILES string of the molecule is C=C(NCCCN1CCCCCC1)C1=CC/C=C(/CCCCC(C)O)C(C/C=C\C=C/CC)=NCC=C1. The van der Waals surface area contributed by atoms with Gasteiger partial charge < -0.3 is 15.3 Å². The van der Waals surface area contributed by atoms with Crippen LogP contribution in [0, 0.1) is 0 Å². The number of nitrogens with zero attached hydrogens (tertiary/aromatic N) is 2. The van der Waals surface area contributed by atoms with E-state index in [1.165, 1.54) is 62.2 Å². The van der Waals surface area contributed by atoms with Gasteiger partial charge in [-0.3, -0.25) is 4.99 Å². The Morgan fingerprint density at radius 3 is 2.65 bits per heavy atom. The van der Waals surface area contributed by atoms with Crippen LogP contribution in [-0.2, 0) is 0 Å². The van der Waals surface area contributed by atoms with Crippen LogP contribution in [-0.4, -0.2) is 54.5 Å². The van der Waals surface area contributed by atoms with E-state index in [1.54, 1.807) is 0 Å². The summed E-state index contributed by atoms with van der Waals surface area (Å²) in [7, 11) is 0.